The summed E-state index contributed by atoms with van der Waals surface area (Å²) in [4.78, 5) is 12.9. The fourth-order valence-electron chi connectivity index (χ4n) is 2.15. The van der Waals surface area contributed by atoms with Crippen LogP contribution in [0.25, 0.3) is 0 Å². The number of halogens is 4. The van der Waals surface area contributed by atoms with Gasteiger partial charge in [-0.1, -0.05) is 0 Å². The van der Waals surface area contributed by atoms with Crippen LogP contribution in [0.2, 0.25) is 0 Å². The van der Waals surface area contributed by atoms with Crippen molar-refractivity contribution < 1.29 is 22.4 Å². The van der Waals surface area contributed by atoms with Gasteiger partial charge in [-0.2, -0.15) is 0 Å². The van der Waals surface area contributed by atoms with E-state index in [0.29, 0.717) is 23.4 Å². The van der Waals surface area contributed by atoms with Crippen molar-refractivity contribution in [1.82, 2.24) is 0 Å². The summed E-state index contributed by atoms with van der Waals surface area (Å²) >= 11 is 0. The Kier molecular flexibility index (Phi) is 3.04. The van der Waals surface area contributed by atoms with Crippen molar-refractivity contribution in [3.05, 3.63) is 59.2 Å². The van der Waals surface area contributed by atoms with Gasteiger partial charge in [0.25, 0.3) is 0 Å². The number of nitrogens with zero attached hydrogens (tertiary/aromatic N) is 1. The first kappa shape index (κ1) is 13.4. The van der Waals surface area contributed by atoms with E-state index in [-0.39, 0.29) is 12.2 Å². The minimum Gasteiger partial charge on any atom is -0.307 e. The van der Waals surface area contributed by atoms with Crippen molar-refractivity contribution in [2.75, 3.05) is 10.2 Å². The van der Waals surface area contributed by atoms with Crippen LogP contribution in [-0.2, 0) is 6.54 Å². The van der Waals surface area contributed by atoms with Gasteiger partial charge in [-0.05, 0) is 23.8 Å². The maximum atomic E-state index is 13.2. The van der Waals surface area contributed by atoms with E-state index in [1.807, 2.05) is 0 Å². The normalized spacial score (nSPS) is 13.9. The van der Waals surface area contributed by atoms with E-state index in [2.05, 4.69) is 5.32 Å². The van der Waals surface area contributed by atoms with Gasteiger partial charge in [0.1, 0.15) is 5.82 Å². The zero-order valence-corrected chi connectivity index (χ0v) is 10.5. The maximum Gasteiger partial charge on any atom is 0.326 e. The predicted octanol–water partition coefficient (Wildman–Crippen LogP) is 3.80. The quantitative estimate of drug-likeness (QED) is 0.630. The number of fused-ring (bicyclic) bond motifs is 1. The molecular weight excluding hydrogens is 288 g/mol. The first-order chi connectivity index (χ1) is 9.95. The maximum absolute atomic E-state index is 13.2. The molecular formula is C14H8F4N2O. The van der Waals surface area contributed by atoms with Gasteiger partial charge in [0.15, 0.2) is 17.5 Å². The molecule has 7 heteroatoms. The van der Waals surface area contributed by atoms with Gasteiger partial charge in [0.05, 0.1) is 12.2 Å². The van der Waals surface area contributed by atoms with Crippen molar-refractivity contribution >= 4 is 17.4 Å². The molecule has 2 aromatic rings. The van der Waals surface area contributed by atoms with Gasteiger partial charge < -0.3 is 5.32 Å². The molecule has 0 saturated carbocycles. The van der Waals surface area contributed by atoms with Crippen molar-refractivity contribution in [3.8, 4) is 0 Å². The van der Waals surface area contributed by atoms with E-state index in [0.717, 1.165) is 4.90 Å². The number of benzene rings is 2. The first-order valence-electron chi connectivity index (χ1n) is 5.97. The zero-order chi connectivity index (χ0) is 15.1. The second-order valence-corrected chi connectivity index (χ2v) is 4.54. The number of amides is 2. The lowest BCUT2D eigenvalue weighted by Gasteiger charge is -2.29. The molecule has 2 amide bonds. The number of hydrogen-bond donors (Lipinski definition) is 1. The molecule has 21 heavy (non-hydrogen) atoms. The highest BCUT2D eigenvalue weighted by Gasteiger charge is 2.26. The van der Waals surface area contributed by atoms with Crippen LogP contribution in [-0.4, -0.2) is 6.03 Å². The summed E-state index contributed by atoms with van der Waals surface area (Å²) in [5.74, 6) is -4.91. The van der Waals surface area contributed by atoms with E-state index in [1.54, 1.807) is 0 Å². The van der Waals surface area contributed by atoms with E-state index >= 15 is 0 Å². The molecule has 0 fully saturated rings. The van der Waals surface area contributed by atoms with Crippen LogP contribution in [0.3, 0.4) is 0 Å². The Labute approximate surface area is 116 Å². The Morgan fingerprint density at radius 2 is 1.67 bits per heavy atom. The third-order valence-electron chi connectivity index (χ3n) is 3.16. The molecule has 0 aliphatic carbocycles. The predicted molar refractivity (Wildman–Crippen MR) is 67.9 cm³/mol. The molecule has 1 heterocycles. The monoisotopic (exact) mass is 296 g/mol. The Morgan fingerprint density at radius 3 is 2.33 bits per heavy atom. The molecule has 0 aromatic heterocycles. The second-order valence-electron chi connectivity index (χ2n) is 4.54. The van der Waals surface area contributed by atoms with Gasteiger partial charge in [0, 0.05) is 17.8 Å². The largest absolute Gasteiger partial charge is 0.326 e. The fraction of sp³-hybridized carbons (Fsp3) is 0.0714. The molecule has 0 radical (unpaired) electrons. The van der Waals surface area contributed by atoms with Crippen molar-refractivity contribution in [2.45, 2.75) is 6.54 Å². The number of rotatable bonds is 1. The van der Waals surface area contributed by atoms with Crippen LogP contribution in [0.4, 0.5) is 33.7 Å². The summed E-state index contributed by atoms with van der Waals surface area (Å²) in [6.45, 7) is -0.0799. The SMILES string of the molecule is O=C1Nc2ccc(F)cc2CN1c1cc(F)c(F)c(F)c1. The number of nitrogens with one attached hydrogen (secondary N) is 1. The van der Waals surface area contributed by atoms with E-state index in [1.165, 1.54) is 18.2 Å². The standard InChI is InChI=1S/C14H8F4N2O/c15-8-1-2-12-7(3-8)6-20(14(21)19-12)9-4-10(16)13(18)11(17)5-9/h1-5H,6H2,(H,19,21). The minimum absolute atomic E-state index is 0.0799. The molecule has 1 aliphatic heterocycles. The minimum atomic E-state index is -1.61. The van der Waals surface area contributed by atoms with Crippen LogP contribution in [0.5, 0.6) is 0 Å². The molecule has 108 valence electrons. The van der Waals surface area contributed by atoms with Crippen LogP contribution < -0.4 is 10.2 Å². The molecule has 0 saturated heterocycles. The molecule has 3 rings (SSSR count). The number of hydrogen-bond acceptors (Lipinski definition) is 1. The molecule has 3 nitrogen and oxygen atoms in total. The number of carbonyl (C=O) groups is 1. The zero-order valence-electron chi connectivity index (χ0n) is 10.5. The topological polar surface area (TPSA) is 32.3 Å². The van der Waals surface area contributed by atoms with E-state index < -0.39 is 29.3 Å². The number of urea groups is 1. The third-order valence-corrected chi connectivity index (χ3v) is 3.16. The number of carbonyl (C=O) groups excluding carboxylic acids is 1. The Hall–Kier alpha value is -2.57. The van der Waals surface area contributed by atoms with E-state index in [9.17, 15) is 22.4 Å². The van der Waals surface area contributed by atoms with Crippen LogP contribution in [0, 0.1) is 23.3 Å². The van der Waals surface area contributed by atoms with Gasteiger partial charge >= 0.3 is 6.03 Å². The number of anilines is 2. The van der Waals surface area contributed by atoms with Gasteiger partial charge in [-0.15, -0.1) is 0 Å². The summed E-state index contributed by atoms with van der Waals surface area (Å²) in [7, 11) is 0. The average Bonchev–Trinajstić information content (AvgIpc) is 2.44. The molecule has 0 atom stereocenters. The first-order valence-corrected chi connectivity index (χ1v) is 5.97. The lowest BCUT2D eigenvalue weighted by Crippen LogP contribution is -2.38. The molecule has 1 N–H and O–H groups in total. The third kappa shape index (κ3) is 2.31. The van der Waals surface area contributed by atoms with E-state index in [4.69, 9.17) is 0 Å². The lowest BCUT2D eigenvalue weighted by atomic mass is 10.1. The highest BCUT2D eigenvalue weighted by atomic mass is 19.2. The Balaban J connectivity index is 2.02. The summed E-state index contributed by atoms with van der Waals surface area (Å²) in [5, 5.41) is 2.47. The van der Waals surface area contributed by atoms with Crippen LogP contribution in [0.1, 0.15) is 5.56 Å². The van der Waals surface area contributed by atoms with Gasteiger partial charge in [-0.25, -0.2) is 22.4 Å². The Bertz CT molecular complexity index is 725. The Morgan fingerprint density at radius 1 is 1.00 bits per heavy atom. The summed E-state index contributed by atoms with van der Waals surface area (Å²) < 4.78 is 52.6. The van der Waals surface area contributed by atoms with Crippen molar-refractivity contribution in [1.29, 1.82) is 0 Å². The van der Waals surface area contributed by atoms with Gasteiger partial charge in [-0.3, -0.25) is 4.90 Å². The molecule has 0 spiro atoms. The van der Waals surface area contributed by atoms with Crippen molar-refractivity contribution in [3.63, 3.8) is 0 Å². The highest BCUT2D eigenvalue weighted by Crippen LogP contribution is 2.29. The summed E-state index contributed by atoms with van der Waals surface area (Å²) in [5.41, 5.74) is 0.708. The molecule has 0 bridgehead atoms. The van der Waals surface area contributed by atoms with Crippen LogP contribution >= 0.6 is 0 Å². The lowest BCUT2D eigenvalue weighted by molar-refractivity contribution is 0.256. The van der Waals surface area contributed by atoms with Gasteiger partial charge in [0.2, 0.25) is 0 Å². The average molecular weight is 296 g/mol. The molecule has 2 aromatic carbocycles. The molecule has 0 unspecified atom stereocenters. The summed E-state index contributed by atoms with van der Waals surface area (Å²) in [6.07, 6.45) is 0. The van der Waals surface area contributed by atoms with Crippen LogP contribution in [0.15, 0.2) is 30.3 Å². The van der Waals surface area contributed by atoms with Crippen molar-refractivity contribution in [2.24, 2.45) is 0 Å². The summed E-state index contributed by atoms with van der Waals surface area (Å²) in [6, 6.07) is 4.57. The molecule has 1 aliphatic rings. The highest BCUT2D eigenvalue weighted by molar-refractivity contribution is 6.04. The fourth-order valence-corrected chi connectivity index (χ4v) is 2.15. The smallest absolute Gasteiger partial charge is 0.307 e. The second kappa shape index (κ2) is 4.76.